The van der Waals surface area contributed by atoms with E-state index in [2.05, 4.69) is 5.32 Å². The van der Waals surface area contributed by atoms with Crippen LogP contribution in [0.25, 0.3) is 0 Å². The number of hydrogen-bond acceptors (Lipinski definition) is 6. The van der Waals surface area contributed by atoms with Crippen molar-refractivity contribution >= 4 is 50.3 Å². The lowest BCUT2D eigenvalue weighted by atomic mass is 10.00. The number of piperidine rings is 1. The number of sulfone groups is 1. The Hall–Kier alpha value is -1.58. The number of nitro benzene ring substituents is 1. The molecule has 11 heteroatoms. The van der Waals surface area contributed by atoms with Gasteiger partial charge in [-0.3, -0.25) is 10.1 Å². The molecule has 0 atom stereocenters. The molecule has 2 aromatic rings. The molecule has 1 aliphatic rings. The first-order valence-electron chi connectivity index (χ1n) is 8.61. The topological polar surface area (TPSA) is 98.5 Å². The molecule has 0 amide bonds. The lowest BCUT2D eigenvalue weighted by Crippen LogP contribution is -2.45. The third-order valence-corrected chi connectivity index (χ3v) is 8.35. The average Bonchev–Trinajstić information content (AvgIpc) is 2.65. The zero-order chi connectivity index (χ0) is 21.4. The van der Waals surface area contributed by atoms with E-state index in [1.165, 1.54) is 24.3 Å². The van der Waals surface area contributed by atoms with Gasteiger partial charge in [0.15, 0.2) is 15.6 Å². The number of rotatable bonds is 5. The highest BCUT2D eigenvalue weighted by atomic mass is 35.5. The molecule has 0 bridgehead atoms. The molecule has 0 aromatic heterocycles. The number of benzene rings is 2. The predicted octanol–water partition coefficient (Wildman–Crippen LogP) is 5.26. The van der Waals surface area contributed by atoms with Gasteiger partial charge in [-0.25, -0.2) is 8.42 Å². The summed E-state index contributed by atoms with van der Waals surface area (Å²) in [5.74, 6) is 0.112. The summed E-state index contributed by atoms with van der Waals surface area (Å²) in [6.07, 6.45) is 0.947. The highest BCUT2D eigenvalue weighted by Gasteiger charge is 2.41. The van der Waals surface area contributed by atoms with Gasteiger partial charge >= 0.3 is 0 Å². The van der Waals surface area contributed by atoms with Crippen LogP contribution in [-0.4, -0.2) is 31.2 Å². The van der Waals surface area contributed by atoms with Crippen LogP contribution in [-0.2, 0) is 9.84 Å². The third kappa shape index (κ3) is 4.32. The van der Waals surface area contributed by atoms with Crippen molar-refractivity contribution in [1.82, 2.24) is 5.32 Å². The second kappa shape index (κ2) is 8.28. The fourth-order valence-corrected chi connectivity index (χ4v) is 5.86. The number of nitro groups is 1. The summed E-state index contributed by atoms with van der Waals surface area (Å²) in [7, 11) is -3.68. The van der Waals surface area contributed by atoms with Crippen molar-refractivity contribution in [1.29, 1.82) is 0 Å². The first kappa shape index (κ1) is 22.1. The number of non-ortho nitro benzene ring substituents is 1. The fraction of sp³-hybridized carbons (Fsp3) is 0.333. The number of ether oxygens (including phenoxy) is 1. The highest BCUT2D eigenvalue weighted by Crippen LogP contribution is 2.43. The largest absolute Gasteiger partial charge is 0.453 e. The number of halogens is 3. The Kier molecular flexibility index (Phi) is 6.31. The van der Waals surface area contributed by atoms with Gasteiger partial charge in [0.05, 0.1) is 29.6 Å². The van der Waals surface area contributed by atoms with E-state index in [1.54, 1.807) is 6.92 Å². The number of nitrogens with zero attached hydrogens (tertiary/aromatic N) is 1. The van der Waals surface area contributed by atoms with Crippen molar-refractivity contribution < 1.29 is 18.1 Å². The molecular formula is C18H17Cl3N2O5S. The van der Waals surface area contributed by atoms with Crippen molar-refractivity contribution in [2.75, 3.05) is 13.1 Å². The minimum atomic E-state index is -3.68. The van der Waals surface area contributed by atoms with Gasteiger partial charge in [-0.05, 0) is 51.1 Å². The summed E-state index contributed by atoms with van der Waals surface area (Å²) >= 11 is 18.6. The minimum Gasteiger partial charge on any atom is -0.453 e. The van der Waals surface area contributed by atoms with Crippen molar-refractivity contribution in [2.24, 2.45) is 0 Å². The molecule has 1 saturated heterocycles. The van der Waals surface area contributed by atoms with Gasteiger partial charge in [-0.15, -0.1) is 0 Å². The summed E-state index contributed by atoms with van der Waals surface area (Å²) in [6, 6.07) is 6.26. The fourth-order valence-electron chi connectivity index (χ4n) is 3.09. The molecule has 0 radical (unpaired) electrons. The Morgan fingerprint density at radius 1 is 1.07 bits per heavy atom. The van der Waals surface area contributed by atoms with E-state index in [0.717, 1.165) is 6.07 Å². The maximum absolute atomic E-state index is 13.2. The highest BCUT2D eigenvalue weighted by molar-refractivity contribution is 7.92. The molecular weight excluding hydrogens is 463 g/mol. The van der Waals surface area contributed by atoms with Crippen LogP contribution in [0.2, 0.25) is 15.1 Å². The molecule has 1 fully saturated rings. The lowest BCUT2D eigenvalue weighted by molar-refractivity contribution is -0.384. The standard InChI is InChI=1S/C18H17Cl3N2O5S/c1-18(4-6-22-7-5-18)29(26,27)12-9-14(20)17(15(21)10-12)28-16-3-2-11(23(24)25)8-13(16)19/h2-3,8-10,22H,4-7H2,1H3. The van der Waals surface area contributed by atoms with Crippen LogP contribution in [0, 0.1) is 10.1 Å². The van der Waals surface area contributed by atoms with Crippen LogP contribution in [0.1, 0.15) is 19.8 Å². The SMILES string of the molecule is CC1(S(=O)(=O)c2cc(Cl)c(Oc3ccc([N+](=O)[O-])cc3Cl)c(Cl)c2)CCNCC1. The van der Waals surface area contributed by atoms with Crippen molar-refractivity contribution in [3.05, 3.63) is 55.5 Å². The van der Waals surface area contributed by atoms with Gasteiger partial charge < -0.3 is 10.1 Å². The second-order valence-corrected chi connectivity index (χ2v) is 10.6. The van der Waals surface area contributed by atoms with E-state index in [0.29, 0.717) is 25.9 Å². The third-order valence-electron chi connectivity index (χ3n) is 4.93. The Balaban J connectivity index is 1.95. The Bertz CT molecular complexity index is 1050. The monoisotopic (exact) mass is 478 g/mol. The molecule has 3 rings (SSSR count). The van der Waals surface area contributed by atoms with Crippen molar-refractivity contribution in [3.8, 4) is 11.5 Å². The molecule has 7 nitrogen and oxygen atoms in total. The normalized spacial score (nSPS) is 16.4. The lowest BCUT2D eigenvalue weighted by Gasteiger charge is -2.33. The molecule has 0 saturated carbocycles. The Morgan fingerprint density at radius 2 is 1.66 bits per heavy atom. The minimum absolute atomic E-state index is 0.00903. The smallest absolute Gasteiger partial charge is 0.271 e. The molecule has 0 spiro atoms. The van der Waals surface area contributed by atoms with Crippen molar-refractivity contribution in [3.63, 3.8) is 0 Å². The van der Waals surface area contributed by atoms with Gasteiger partial charge in [0.25, 0.3) is 5.69 Å². The van der Waals surface area contributed by atoms with Crippen LogP contribution >= 0.6 is 34.8 Å². The summed E-state index contributed by atoms with van der Waals surface area (Å²) in [5, 5.41) is 13.9. The van der Waals surface area contributed by atoms with Crippen molar-refractivity contribution in [2.45, 2.75) is 29.4 Å². The molecule has 1 N–H and O–H groups in total. The van der Waals surface area contributed by atoms with E-state index in [1.807, 2.05) is 0 Å². The van der Waals surface area contributed by atoms with Gasteiger partial charge in [0.1, 0.15) is 5.75 Å². The zero-order valence-corrected chi connectivity index (χ0v) is 18.3. The van der Waals surface area contributed by atoms with Gasteiger partial charge in [0.2, 0.25) is 0 Å². The first-order chi connectivity index (χ1) is 13.5. The van der Waals surface area contributed by atoms with Crippen LogP contribution in [0.5, 0.6) is 11.5 Å². The molecule has 2 aromatic carbocycles. The van der Waals surface area contributed by atoms with Gasteiger partial charge in [-0.1, -0.05) is 34.8 Å². The van der Waals surface area contributed by atoms with Crippen LogP contribution < -0.4 is 10.1 Å². The summed E-state index contributed by atoms with van der Waals surface area (Å²) < 4.78 is 31.0. The van der Waals surface area contributed by atoms with E-state index in [9.17, 15) is 18.5 Å². The van der Waals surface area contributed by atoms with E-state index >= 15 is 0 Å². The predicted molar refractivity (Wildman–Crippen MR) is 112 cm³/mol. The van der Waals surface area contributed by atoms with Gasteiger partial charge in [0, 0.05) is 12.1 Å². The van der Waals surface area contributed by atoms with E-state index in [4.69, 9.17) is 39.5 Å². The van der Waals surface area contributed by atoms with Crippen LogP contribution in [0.15, 0.2) is 35.2 Å². The molecule has 156 valence electrons. The molecule has 1 aliphatic heterocycles. The second-order valence-electron chi connectivity index (χ2n) is 6.89. The number of nitrogens with one attached hydrogen (secondary N) is 1. The molecule has 0 aliphatic carbocycles. The zero-order valence-electron chi connectivity index (χ0n) is 15.2. The summed E-state index contributed by atoms with van der Waals surface area (Å²) in [6.45, 7) is 2.93. The quantitative estimate of drug-likeness (QED) is 0.464. The molecule has 1 heterocycles. The Labute approximate surface area is 183 Å². The Morgan fingerprint density at radius 3 is 2.17 bits per heavy atom. The van der Waals surface area contributed by atoms with Crippen LogP contribution in [0.4, 0.5) is 5.69 Å². The first-order valence-corrected chi connectivity index (χ1v) is 11.2. The maximum atomic E-state index is 13.2. The summed E-state index contributed by atoms with van der Waals surface area (Å²) in [4.78, 5) is 10.2. The summed E-state index contributed by atoms with van der Waals surface area (Å²) in [5.41, 5.74) is -0.198. The average molecular weight is 480 g/mol. The maximum Gasteiger partial charge on any atom is 0.271 e. The molecule has 0 unspecified atom stereocenters. The number of hydrogen-bond donors (Lipinski definition) is 1. The van der Waals surface area contributed by atoms with E-state index < -0.39 is 19.5 Å². The molecule has 29 heavy (non-hydrogen) atoms. The van der Waals surface area contributed by atoms with Gasteiger partial charge in [-0.2, -0.15) is 0 Å². The van der Waals surface area contributed by atoms with Crippen LogP contribution in [0.3, 0.4) is 0 Å². The van der Waals surface area contributed by atoms with E-state index in [-0.39, 0.29) is 37.1 Å².